The smallest absolute Gasteiger partial charge is 0.162 e. The third kappa shape index (κ3) is 3.29. The number of alkyl halides is 1. The maximum Gasteiger partial charge on any atom is 0.162 e. The van der Waals surface area contributed by atoms with E-state index < -0.39 is 0 Å². The third-order valence-corrected chi connectivity index (χ3v) is 6.26. The number of nitrogens with zero attached hydrogens (tertiary/aromatic N) is 3. The van der Waals surface area contributed by atoms with Crippen molar-refractivity contribution in [2.45, 2.75) is 31.0 Å². The number of hydrogen-bond donors (Lipinski definition) is 0. The molecule has 1 aromatic heterocycles. The van der Waals surface area contributed by atoms with Crippen LogP contribution in [0, 0.1) is 5.92 Å². The van der Waals surface area contributed by atoms with Gasteiger partial charge in [0.2, 0.25) is 0 Å². The first-order valence-corrected chi connectivity index (χ1v) is 9.35. The number of aromatic nitrogens is 2. The molecule has 1 atom stereocenters. The topological polar surface area (TPSA) is 47.5 Å². The summed E-state index contributed by atoms with van der Waals surface area (Å²) in [5.41, 5.74) is 0.881. The number of ether oxygens (including phenoxy) is 2. The highest BCUT2D eigenvalue weighted by Crippen LogP contribution is 2.36. The number of rotatable bonds is 5. The van der Waals surface area contributed by atoms with Gasteiger partial charge in [-0.15, -0.1) is 0 Å². The van der Waals surface area contributed by atoms with Gasteiger partial charge in [-0.2, -0.15) is 0 Å². The van der Waals surface area contributed by atoms with Crippen molar-refractivity contribution in [2.75, 3.05) is 32.2 Å². The summed E-state index contributed by atoms with van der Waals surface area (Å²) in [7, 11) is 3.29. The summed E-state index contributed by atoms with van der Waals surface area (Å²) in [6.07, 6.45) is 5.18. The van der Waals surface area contributed by atoms with Crippen LogP contribution >= 0.6 is 15.9 Å². The van der Waals surface area contributed by atoms with Gasteiger partial charge in [0.1, 0.15) is 12.1 Å². The molecule has 0 aliphatic carbocycles. The minimum absolute atomic E-state index is 0.617. The summed E-state index contributed by atoms with van der Waals surface area (Å²) in [5, 5.41) is 1.01. The van der Waals surface area contributed by atoms with Crippen molar-refractivity contribution in [1.29, 1.82) is 0 Å². The summed E-state index contributed by atoms with van der Waals surface area (Å²) in [4.78, 5) is 11.9. The van der Waals surface area contributed by atoms with Gasteiger partial charge in [-0.25, -0.2) is 9.97 Å². The molecule has 0 radical (unpaired) electrons. The van der Waals surface area contributed by atoms with Crippen molar-refractivity contribution in [3.63, 3.8) is 0 Å². The van der Waals surface area contributed by atoms with Gasteiger partial charge in [0, 0.05) is 29.4 Å². The van der Waals surface area contributed by atoms with E-state index in [0.29, 0.717) is 16.3 Å². The van der Waals surface area contributed by atoms with Gasteiger partial charge in [0.25, 0.3) is 0 Å². The van der Waals surface area contributed by atoms with Gasteiger partial charge in [0.15, 0.2) is 11.5 Å². The summed E-state index contributed by atoms with van der Waals surface area (Å²) < 4.78 is 10.8. The van der Waals surface area contributed by atoms with E-state index in [1.165, 1.54) is 19.3 Å². The fourth-order valence-corrected chi connectivity index (χ4v) is 3.96. The number of benzene rings is 1. The quantitative estimate of drug-likeness (QED) is 0.717. The monoisotopic (exact) mass is 393 g/mol. The fraction of sp³-hybridized carbons (Fsp3) is 0.556. The lowest BCUT2D eigenvalue weighted by atomic mass is 9.92. The van der Waals surface area contributed by atoms with Crippen LogP contribution in [-0.4, -0.2) is 42.1 Å². The lowest BCUT2D eigenvalue weighted by Gasteiger charge is -2.35. The van der Waals surface area contributed by atoms with Crippen molar-refractivity contribution >= 4 is 32.7 Å². The summed E-state index contributed by atoms with van der Waals surface area (Å²) in [6.45, 7) is 4.28. The van der Waals surface area contributed by atoms with E-state index in [4.69, 9.17) is 9.47 Å². The van der Waals surface area contributed by atoms with Gasteiger partial charge in [-0.1, -0.05) is 22.9 Å². The lowest BCUT2D eigenvalue weighted by molar-refractivity contribution is 0.355. The van der Waals surface area contributed by atoms with E-state index in [9.17, 15) is 0 Å². The molecule has 5 nitrogen and oxygen atoms in total. The standard InChI is InChI=1S/C18H24BrN3O2/c1-4-14(19)12-5-7-22(8-6-12)18-13-9-16(23-2)17(24-3)10-15(13)20-11-21-18/h9-12,14H,4-8H2,1-3H3. The predicted molar refractivity (Wildman–Crippen MR) is 101 cm³/mol. The van der Waals surface area contributed by atoms with Gasteiger partial charge in [-0.05, 0) is 31.2 Å². The number of hydrogen-bond acceptors (Lipinski definition) is 5. The molecule has 2 aromatic rings. The lowest BCUT2D eigenvalue weighted by Crippen LogP contribution is -2.36. The second kappa shape index (κ2) is 7.55. The molecule has 1 saturated heterocycles. The Morgan fingerprint density at radius 3 is 2.46 bits per heavy atom. The molecule has 0 N–H and O–H groups in total. The molecule has 6 heteroatoms. The molecule has 24 heavy (non-hydrogen) atoms. The summed E-state index contributed by atoms with van der Waals surface area (Å²) in [5.74, 6) is 3.14. The van der Waals surface area contributed by atoms with Crippen LogP contribution in [0.3, 0.4) is 0 Å². The Balaban J connectivity index is 1.90. The summed E-state index contributed by atoms with van der Waals surface area (Å²) in [6, 6.07) is 3.90. The van der Waals surface area contributed by atoms with Crippen molar-refractivity contribution in [1.82, 2.24) is 9.97 Å². The van der Waals surface area contributed by atoms with Crippen molar-refractivity contribution in [3.8, 4) is 11.5 Å². The Labute approximate surface area is 151 Å². The molecule has 0 bridgehead atoms. The Hall–Kier alpha value is -1.56. The Bertz CT molecular complexity index is 702. The maximum atomic E-state index is 5.44. The van der Waals surface area contributed by atoms with Crippen LogP contribution < -0.4 is 14.4 Å². The molecule has 3 rings (SSSR count). The minimum Gasteiger partial charge on any atom is -0.493 e. The molecular weight excluding hydrogens is 370 g/mol. The molecule has 1 aliphatic heterocycles. The first-order valence-electron chi connectivity index (χ1n) is 8.43. The van der Waals surface area contributed by atoms with E-state index in [-0.39, 0.29) is 0 Å². The van der Waals surface area contributed by atoms with E-state index in [0.717, 1.165) is 35.7 Å². The highest BCUT2D eigenvalue weighted by molar-refractivity contribution is 9.09. The number of fused-ring (bicyclic) bond motifs is 1. The van der Waals surface area contributed by atoms with Crippen LogP contribution in [0.2, 0.25) is 0 Å². The molecule has 0 saturated carbocycles. The average Bonchev–Trinajstić information content (AvgIpc) is 2.65. The Morgan fingerprint density at radius 2 is 1.83 bits per heavy atom. The van der Waals surface area contributed by atoms with Crippen LogP contribution in [0.15, 0.2) is 18.5 Å². The molecule has 130 valence electrons. The number of anilines is 1. The molecule has 1 aromatic carbocycles. The SMILES string of the molecule is CCC(Br)C1CCN(c2ncnc3cc(OC)c(OC)cc23)CC1. The fourth-order valence-electron chi connectivity index (χ4n) is 3.43. The van der Waals surface area contributed by atoms with Crippen LogP contribution in [0.1, 0.15) is 26.2 Å². The van der Waals surface area contributed by atoms with Crippen LogP contribution in [0.25, 0.3) is 10.9 Å². The average molecular weight is 394 g/mol. The van der Waals surface area contributed by atoms with Crippen molar-refractivity contribution in [3.05, 3.63) is 18.5 Å². The second-order valence-corrected chi connectivity index (χ2v) is 7.35. The van der Waals surface area contributed by atoms with Gasteiger partial charge in [0.05, 0.1) is 19.7 Å². The first kappa shape index (κ1) is 17.3. The van der Waals surface area contributed by atoms with Crippen LogP contribution in [-0.2, 0) is 0 Å². The zero-order valence-electron chi connectivity index (χ0n) is 14.5. The summed E-state index contributed by atoms with van der Waals surface area (Å²) >= 11 is 3.81. The number of piperidine rings is 1. The predicted octanol–water partition coefficient (Wildman–Crippen LogP) is 4.04. The normalized spacial score (nSPS) is 17.1. The number of methoxy groups -OCH3 is 2. The van der Waals surface area contributed by atoms with Crippen LogP contribution in [0.4, 0.5) is 5.82 Å². The highest BCUT2D eigenvalue weighted by Gasteiger charge is 2.25. The molecule has 0 amide bonds. The molecule has 1 aliphatic rings. The van der Waals surface area contributed by atoms with Crippen molar-refractivity contribution < 1.29 is 9.47 Å². The van der Waals surface area contributed by atoms with Crippen molar-refractivity contribution in [2.24, 2.45) is 5.92 Å². The van der Waals surface area contributed by atoms with E-state index >= 15 is 0 Å². The second-order valence-electron chi connectivity index (χ2n) is 6.17. The number of halogens is 1. The zero-order chi connectivity index (χ0) is 17.1. The molecule has 2 heterocycles. The van der Waals surface area contributed by atoms with E-state index in [1.54, 1.807) is 20.5 Å². The van der Waals surface area contributed by atoms with Gasteiger partial charge >= 0.3 is 0 Å². The highest BCUT2D eigenvalue weighted by atomic mass is 79.9. The van der Waals surface area contributed by atoms with Crippen LogP contribution in [0.5, 0.6) is 11.5 Å². The zero-order valence-corrected chi connectivity index (χ0v) is 16.0. The Morgan fingerprint density at radius 1 is 1.17 bits per heavy atom. The first-order chi connectivity index (χ1) is 11.7. The minimum atomic E-state index is 0.617. The Kier molecular flexibility index (Phi) is 5.43. The van der Waals surface area contributed by atoms with E-state index in [1.807, 2.05) is 12.1 Å². The van der Waals surface area contributed by atoms with Gasteiger partial charge in [-0.3, -0.25) is 0 Å². The van der Waals surface area contributed by atoms with Gasteiger partial charge < -0.3 is 14.4 Å². The molecular formula is C18H24BrN3O2. The molecule has 1 unspecified atom stereocenters. The maximum absolute atomic E-state index is 5.44. The molecule has 1 fully saturated rings. The van der Waals surface area contributed by atoms with E-state index in [2.05, 4.69) is 37.7 Å². The molecule has 0 spiro atoms. The largest absolute Gasteiger partial charge is 0.493 e. The third-order valence-electron chi connectivity index (χ3n) is 4.86.